The van der Waals surface area contributed by atoms with E-state index in [1.54, 1.807) is 0 Å². The maximum Gasteiger partial charge on any atom is 0.342 e. The molecule has 134 valence electrons. The minimum absolute atomic E-state index is 0.0471. The van der Waals surface area contributed by atoms with Crippen LogP contribution in [-0.2, 0) is 23.6 Å². The van der Waals surface area contributed by atoms with Crippen molar-refractivity contribution in [3.63, 3.8) is 0 Å². The lowest BCUT2D eigenvalue weighted by Gasteiger charge is -1.98. The Morgan fingerprint density at radius 1 is 1.15 bits per heavy atom. The lowest BCUT2D eigenvalue weighted by atomic mass is 10.2. The summed E-state index contributed by atoms with van der Waals surface area (Å²) in [6.45, 7) is 0. The summed E-state index contributed by atoms with van der Waals surface area (Å²) in [4.78, 5) is 24.4. The number of rotatable bonds is 6. The van der Waals surface area contributed by atoms with Gasteiger partial charge in [-0.15, -0.1) is 10.2 Å². The van der Waals surface area contributed by atoms with Crippen molar-refractivity contribution >= 4 is 33.6 Å². The fourth-order valence-corrected chi connectivity index (χ4v) is 4.23. The van der Waals surface area contributed by atoms with Crippen molar-refractivity contribution < 1.29 is 14.1 Å². The molecule has 0 aliphatic heterocycles. The van der Waals surface area contributed by atoms with E-state index in [1.165, 1.54) is 35.9 Å². The SMILES string of the molecule is Cn1c([N+](=O)[O-])cnc1-c1nnc(S(=O)Cc2ccc([N+](=O)[O-])cc2)s1. The van der Waals surface area contributed by atoms with E-state index in [4.69, 9.17) is 0 Å². The Kier molecular flexibility index (Phi) is 4.81. The molecule has 0 fully saturated rings. The molecule has 11 nitrogen and oxygen atoms in total. The van der Waals surface area contributed by atoms with Crippen LogP contribution in [0.3, 0.4) is 0 Å². The van der Waals surface area contributed by atoms with Crippen LogP contribution in [0, 0.1) is 20.2 Å². The fraction of sp³-hybridized carbons (Fsp3) is 0.154. The van der Waals surface area contributed by atoms with E-state index in [0.29, 0.717) is 10.6 Å². The number of non-ortho nitro benzene ring substituents is 1. The zero-order valence-electron chi connectivity index (χ0n) is 13.1. The molecule has 2 aromatic heterocycles. The molecule has 26 heavy (non-hydrogen) atoms. The normalized spacial score (nSPS) is 12.0. The van der Waals surface area contributed by atoms with Crippen molar-refractivity contribution in [2.24, 2.45) is 7.05 Å². The Labute approximate surface area is 152 Å². The van der Waals surface area contributed by atoms with E-state index in [-0.39, 0.29) is 27.4 Å². The molecule has 3 aromatic rings. The second kappa shape index (κ2) is 7.05. The molecule has 3 rings (SSSR count). The highest BCUT2D eigenvalue weighted by atomic mass is 32.2. The molecule has 0 aliphatic carbocycles. The summed E-state index contributed by atoms with van der Waals surface area (Å²) < 4.78 is 13.9. The molecule has 1 unspecified atom stereocenters. The van der Waals surface area contributed by atoms with E-state index in [2.05, 4.69) is 15.2 Å². The first-order valence-corrected chi connectivity index (χ1v) is 9.12. The van der Waals surface area contributed by atoms with Crippen LogP contribution in [0.15, 0.2) is 34.8 Å². The van der Waals surface area contributed by atoms with Crippen molar-refractivity contribution in [3.8, 4) is 10.8 Å². The molecule has 0 radical (unpaired) electrons. The summed E-state index contributed by atoms with van der Waals surface area (Å²) in [5, 5.41) is 29.6. The molecule has 2 heterocycles. The number of benzene rings is 1. The van der Waals surface area contributed by atoms with Gasteiger partial charge >= 0.3 is 5.82 Å². The molecular formula is C13H10N6O5S2. The summed E-state index contributed by atoms with van der Waals surface area (Å²) in [6, 6.07) is 5.73. The van der Waals surface area contributed by atoms with Crippen molar-refractivity contribution in [2.75, 3.05) is 0 Å². The Balaban J connectivity index is 1.78. The number of hydrogen-bond acceptors (Lipinski definition) is 9. The summed E-state index contributed by atoms with van der Waals surface area (Å²) in [5.41, 5.74) is 0.604. The van der Waals surface area contributed by atoms with Gasteiger partial charge in [0.2, 0.25) is 9.35 Å². The van der Waals surface area contributed by atoms with Gasteiger partial charge in [0.15, 0.2) is 0 Å². The minimum Gasteiger partial charge on any atom is -0.358 e. The third kappa shape index (κ3) is 3.48. The Hall–Kier alpha value is -3.06. The summed E-state index contributed by atoms with van der Waals surface area (Å²) >= 11 is 1.02. The molecule has 0 bridgehead atoms. The summed E-state index contributed by atoms with van der Waals surface area (Å²) in [7, 11) is -0.0276. The molecule has 0 saturated carbocycles. The van der Waals surface area contributed by atoms with Crippen molar-refractivity contribution in [3.05, 3.63) is 56.3 Å². The lowest BCUT2D eigenvalue weighted by Crippen LogP contribution is -1.98. The monoisotopic (exact) mass is 394 g/mol. The van der Waals surface area contributed by atoms with E-state index in [0.717, 1.165) is 17.5 Å². The predicted molar refractivity (Wildman–Crippen MR) is 92.0 cm³/mol. The van der Waals surface area contributed by atoms with Crippen LogP contribution in [0.25, 0.3) is 10.8 Å². The average Bonchev–Trinajstić information content (AvgIpc) is 3.21. The standard InChI is InChI=1S/C13H10N6O5S2/c1-17-10(19(22)23)6-14-11(17)12-15-16-13(25-12)26(24)7-8-2-4-9(5-3-8)18(20)21/h2-6H,7H2,1H3. The quantitative estimate of drug-likeness (QED) is 0.456. The van der Waals surface area contributed by atoms with Crippen LogP contribution in [0.1, 0.15) is 5.56 Å². The Morgan fingerprint density at radius 3 is 2.42 bits per heavy atom. The van der Waals surface area contributed by atoms with Gasteiger partial charge in [0.1, 0.15) is 6.20 Å². The van der Waals surface area contributed by atoms with Gasteiger partial charge in [0.05, 0.1) is 28.5 Å². The number of nitro benzene ring substituents is 1. The summed E-state index contributed by atoms with van der Waals surface area (Å²) in [6.07, 6.45) is 1.12. The van der Waals surface area contributed by atoms with Crippen LogP contribution in [-0.4, -0.2) is 33.8 Å². The third-order valence-corrected chi connectivity index (χ3v) is 5.98. The Morgan fingerprint density at radius 2 is 1.85 bits per heavy atom. The van der Waals surface area contributed by atoms with Crippen molar-refractivity contribution in [1.82, 2.24) is 19.7 Å². The fourth-order valence-electron chi connectivity index (χ4n) is 2.09. The van der Waals surface area contributed by atoms with Gasteiger partial charge in [-0.1, -0.05) is 23.5 Å². The van der Waals surface area contributed by atoms with Gasteiger partial charge in [-0.3, -0.25) is 14.3 Å². The van der Waals surface area contributed by atoms with Crippen LogP contribution in [0.2, 0.25) is 0 Å². The maximum atomic E-state index is 12.4. The van der Waals surface area contributed by atoms with Crippen LogP contribution in [0.4, 0.5) is 11.5 Å². The molecule has 1 aromatic carbocycles. The van der Waals surface area contributed by atoms with E-state index < -0.39 is 20.6 Å². The maximum absolute atomic E-state index is 12.4. The zero-order valence-corrected chi connectivity index (χ0v) is 14.8. The average molecular weight is 394 g/mol. The van der Waals surface area contributed by atoms with Crippen LogP contribution in [0.5, 0.6) is 0 Å². The summed E-state index contributed by atoms with van der Waals surface area (Å²) in [5.74, 6) is 0.185. The molecule has 13 heteroatoms. The number of nitro groups is 2. The second-order valence-electron chi connectivity index (χ2n) is 5.04. The van der Waals surface area contributed by atoms with E-state index >= 15 is 0 Å². The van der Waals surface area contributed by atoms with Gasteiger partial charge in [-0.05, 0) is 10.5 Å². The van der Waals surface area contributed by atoms with E-state index in [9.17, 15) is 24.4 Å². The lowest BCUT2D eigenvalue weighted by molar-refractivity contribution is -0.391. The highest BCUT2D eigenvalue weighted by Crippen LogP contribution is 2.27. The van der Waals surface area contributed by atoms with Gasteiger partial charge in [-0.25, -0.2) is 9.55 Å². The number of imidazole rings is 1. The second-order valence-corrected chi connectivity index (χ2v) is 7.65. The van der Waals surface area contributed by atoms with Gasteiger partial charge in [0, 0.05) is 12.1 Å². The topological polar surface area (TPSA) is 147 Å². The first-order valence-electron chi connectivity index (χ1n) is 6.98. The molecule has 0 amide bonds. The van der Waals surface area contributed by atoms with Crippen LogP contribution >= 0.6 is 11.3 Å². The number of hydrogen-bond donors (Lipinski definition) is 0. The number of nitrogens with zero attached hydrogens (tertiary/aromatic N) is 6. The first-order chi connectivity index (χ1) is 12.4. The molecule has 1 atom stereocenters. The smallest absolute Gasteiger partial charge is 0.342 e. The van der Waals surface area contributed by atoms with Gasteiger partial charge < -0.3 is 10.1 Å². The number of aromatic nitrogens is 4. The zero-order chi connectivity index (χ0) is 18.8. The largest absolute Gasteiger partial charge is 0.358 e. The molecule has 0 N–H and O–H groups in total. The van der Waals surface area contributed by atoms with Crippen molar-refractivity contribution in [1.29, 1.82) is 0 Å². The van der Waals surface area contributed by atoms with E-state index in [1.807, 2.05) is 0 Å². The highest BCUT2D eigenvalue weighted by Gasteiger charge is 2.23. The Bertz CT molecular complexity index is 1010. The van der Waals surface area contributed by atoms with Gasteiger partial charge in [-0.2, -0.15) is 0 Å². The first kappa shape index (κ1) is 17.8. The third-order valence-electron chi connectivity index (χ3n) is 3.39. The molecular weight excluding hydrogens is 384 g/mol. The molecule has 0 saturated heterocycles. The van der Waals surface area contributed by atoms with Gasteiger partial charge in [0.25, 0.3) is 11.5 Å². The minimum atomic E-state index is -1.51. The molecule has 0 aliphatic rings. The molecule has 0 spiro atoms. The highest BCUT2D eigenvalue weighted by molar-refractivity contribution is 7.86. The predicted octanol–water partition coefficient (Wildman–Crippen LogP) is 2.06. The van der Waals surface area contributed by atoms with Crippen LogP contribution < -0.4 is 0 Å². The van der Waals surface area contributed by atoms with Crippen molar-refractivity contribution in [2.45, 2.75) is 10.1 Å².